The molecule has 0 aliphatic carbocycles. The monoisotopic (exact) mass is 297 g/mol. The second-order valence-electron chi connectivity index (χ2n) is 5.65. The normalized spacial score (nSPS) is 19.6. The Morgan fingerprint density at radius 1 is 1.14 bits per heavy atom. The van der Waals surface area contributed by atoms with Gasteiger partial charge in [-0.15, -0.1) is 0 Å². The van der Waals surface area contributed by atoms with Gasteiger partial charge < -0.3 is 14.8 Å². The number of para-hydroxylation sites is 1. The van der Waals surface area contributed by atoms with Gasteiger partial charge in [-0.3, -0.25) is 0 Å². The number of ether oxygens (including phenoxy) is 2. The molecule has 0 radical (unpaired) electrons. The zero-order chi connectivity index (χ0) is 15.2. The van der Waals surface area contributed by atoms with Gasteiger partial charge >= 0.3 is 0 Å². The van der Waals surface area contributed by atoms with Crippen molar-refractivity contribution in [2.75, 3.05) is 26.8 Å². The summed E-state index contributed by atoms with van der Waals surface area (Å²) >= 11 is 0. The second kappa shape index (κ2) is 7.43. The summed E-state index contributed by atoms with van der Waals surface area (Å²) < 4.78 is 11.5. The number of hydrogen-bond donors (Lipinski definition) is 1. The minimum absolute atomic E-state index is 0.195. The van der Waals surface area contributed by atoms with Gasteiger partial charge in [0.05, 0.1) is 19.8 Å². The average Bonchev–Trinajstić information content (AvgIpc) is 2.61. The van der Waals surface area contributed by atoms with Crippen molar-refractivity contribution < 1.29 is 9.47 Å². The Bertz CT molecular complexity index is 579. The van der Waals surface area contributed by atoms with E-state index in [0.29, 0.717) is 5.92 Å². The van der Waals surface area contributed by atoms with E-state index >= 15 is 0 Å². The average molecular weight is 297 g/mol. The lowest BCUT2D eigenvalue weighted by Crippen LogP contribution is -2.42. The zero-order valence-electron chi connectivity index (χ0n) is 13.0. The van der Waals surface area contributed by atoms with Crippen LogP contribution in [0.25, 0.3) is 0 Å². The predicted octanol–water partition coefficient (Wildman–Crippen LogP) is 3.01. The molecule has 0 aromatic heterocycles. The fraction of sp³-hybridized carbons (Fsp3) is 0.368. The molecule has 3 heteroatoms. The summed E-state index contributed by atoms with van der Waals surface area (Å²) in [6, 6.07) is 18.9. The van der Waals surface area contributed by atoms with Gasteiger partial charge in [0, 0.05) is 19.0 Å². The van der Waals surface area contributed by atoms with Crippen LogP contribution in [0.1, 0.15) is 17.0 Å². The quantitative estimate of drug-likeness (QED) is 0.920. The van der Waals surface area contributed by atoms with Gasteiger partial charge in [-0.1, -0.05) is 48.5 Å². The Balaban J connectivity index is 1.88. The van der Waals surface area contributed by atoms with E-state index in [-0.39, 0.29) is 6.10 Å². The Labute approximate surface area is 132 Å². The molecular formula is C19H23NO2. The Kier molecular flexibility index (Phi) is 5.09. The highest BCUT2D eigenvalue weighted by Gasteiger charge is 2.26. The lowest BCUT2D eigenvalue weighted by molar-refractivity contribution is 0.0109. The largest absolute Gasteiger partial charge is 0.496 e. The second-order valence-corrected chi connectivity index (χ2v) is 5.65. The van der Waals surface area contributed by atoms with Crippen LogP contribution in [0.3, 0.4) is 0 Å². The molecule has 22 heavy (non-hydrogen) atoms. The van der Waals surface area contributed by atoms with E-state index in [4.69, 9.17) is 9.47 Å². The van der Waals surface area contributed by atoms with Crippen molar-refractivity contribution in [3.8, 4) is 5.75 Å². The van der Waals surface area contributed by atoms with Crippen molar-refractivity contribution in [3.05, 3.63) is 65.7 Å². The summed E-state index contributed by atoms with van der Waals surface area (Å²) in [4.78, 5) is 0. The third-order valence-electron chi connectivity index (χ3n) is 4.27. The van der Waals surface area contributed by atoms with Crippen LogP contribution in [0.5, 0.6) is 5.75 Å². The molecule has 116 valence electrons. The molecule has 1 aliphatic rings. The number of methoxy groups -OCH3 is 1. The first-order valence-corrected chi connectivity index (χ1v) is 7.87. The summed E-state index contributed by atoms with van der Waals surface area (Å²) in [6.07, 6.45) is 1.11. The lowest BCUT2D eigenvalue weighted by atomic mass is 9.86. The summed E-state index contributed by atoms with van der Waals surface area (Å²) in [6.45, 7) is 2.61. The highest BCUT2D eigenvalue weighted by Crippen LogP contribution is 2.30. The van der Waals surface area contributed by atoms with Crippen molar-refractivity contribution >= 4 is 0 Å². The number of hydrogen-bond acceptors (Lipinski definition) is 3. The van der Waals surface area contributed by atoms with Crippen LogP contribution in [0, 0.1) is 0 Å². The number of rotatable bonds is 5. The SMILES string of the molecule is COc1ccccc1C[C@@H](c1ccccc1)C1CNCCO1. The molecule has 1 fully saturated rings. The maximum absolute atomic E-state index is 6.04. The molecule has 1 saturated heterocycles. The molecule has 1 aliphatic heterocycles. The van der Waals surface area contributed by atoms with Crippen LogP contribution in [0.15, 0.2) is 54.6 Å². The fourth-order valence-electron chi connectivity index (χ4n) is 3.12. The van der Waals surface area contributed by atoms with Crippen LogP contribution < -0.4 is 10.1 Å². The number of morpholine rings is 1. The molecule has 0 bridgehead atoms. The molecule has 3 rings (SSSR count). The highest BCUT2D eigenvalue weighted by atomic mass is 16.5. The first-order chi connectivity index (χ1) is 10.9. The van der Waals surface area contributed by atoms with E-state index in [0.717, 1.165) is 31.9 Å². The minimum Gasteiger partial charge on any atom is -0.496 e. The molecule has 1 N–H and O–H groups in total. The van der Waals surface area contributed by atoms with Crippen molar-refractivity contribution in [2.45, 2.75) is 18.4 Å². The first-order valence-electron chi connectivity index (χ1n) is 7.87. The van der Waals surface area contributed by atoms with E-state index in [2.05, 4.69) is 47.8 Å². The van der Waals surface area contributed by atoms with Gasteiger partial charge in [-0.2, -0.15) is 0 Å². The van der Waals surface area contributed by atoms with E-state index in [1.807, 2.05) is 12.1 Å². The van der Waals surface area contributed by atoms with Crippen molar-refractivity contribution in [1.29, 1.82) is 0 Å². The van der Waals surface area contributed by atoms with Crippen LogP contribution >= 0.6 is 0 Å². The van der Waals surface area contributed by atoms with Crippen LogP contribution in [-0.4, -0.2) is 32.9 Å². The molecule has 2 atom stereocenters. The van der Waals surface area contributed by atoms with Gasteiger partial charge in [0.1, 0.15) is 5.75 Å². The molecule has 1 unspecified atom stereocenters. The molecule has 2 aromatic rings. The predicted molar refractivity (Wildman–Crippen MR) is 88.5 cm³/mol. The van der Waals surface area contributed by atoms with E-state index in [9.17, 15) is 0 Å². The van der Waals surface area contributed by atoms with Crippen LogP contribution in [-0.2, 0) is 11.2 Å². The topological polar surface area (TPSA) is 30.5 Å². The molecule has 3 nitrogen and oxygen atoms in total. The molecule has 0 amide bonds. The maximum atomic E-state index is 6.04. The first kappa shape index (κ1) is 15.1. The number of benzene rings is 2. The lowest BCUT2D eigenvalue weighted by Gasteiger charge is -2.32. The van der Waals surface area contributed by atoms with Crippen LogP contribution in [0.2, 0.25) is 0 Å². The van der Waals surface area contributed by atoms with Gasteiger partial charge in [0.15, 0.2) is 0 Å². The summed E-state index contributed by atoms with van der Waals surface area (Å²) in [5.74, 6) is 1.28. The fourth-order valence-corrected chi connectivity index (χ4v) is 3.12. The molecule has 2 aromatic carbocycles. The Hall–Kier alpha value is -1.84. The summed E-state index contributed by atoms with van der Waals surface area (Å²) in [5, 5.41) is 3.44. The molecule has 1 heterocycles. The van der Waals surface area contributed by atoms with Gasteiger partial charge in [-0.25, -0.2) is 0 Å². The zero-order valence-corrected chi connectivity index (χ0v) is 13.0. The van der Waals surface area contributed by atoms with Gasteiger partial charge in [0.2, 0.25) is 0 Å². The summed E-state index contributed by atoms with van der Waals surface area (Å²) in [7, 11) is 1.73. The molecule has 0 spiro atoms. The van der Waals surface area contributed by atoms with E-state index in [1.165, 1.54) is 11.1 Å². The van der Waals surface area contributed by atoms with Gasteiger partial charge in [0.25, 0.3) is 0 Å². The Morgan fingerprint density at radius 2 is 1.91 bits per heavy atom. The van der Waals surface area contributed by atoms with Crippen molar-refractivity contribution in [1.82, 2.24) is 5.32 Å². The van der Waals surface area contributed by atoms with Crippen molar-refractivity contribution in [2.24, 2.45) is 0 Å². The van der Waals surface area contributed by atoms with Crippen LogP contribution in [0.4, 0.5) is 0 Å². The van der Waals surface area contributed by atoms with E-state index < -0.39 is 0 Å². The maximum Gasteiger partial charge on any atom is 0.122 e. The Morgan fingerprint density at radius 3 is 2.64 bits per heavy atom. The van der Waals surface area contributed by atoms with E-state index in [1.54, 1.807) is 7.11 Å². The minimum atomic E-state index is 0.195. The van der Waals surface area contributed by atoms with Gasteiger partial charge in [-0.05, 0) is 23.6 Å². The third kappa shape index (κ3) is 3.49. The molecule has 0 saturated carbocycles. The standard InChI is InChI=1S/C19H23NO2/c1-21-18-10-6-5-9-16(18)13-17(15-7-3-2-4-8-15)19-14-20-11-12-22-19/h2-10,17,19-20H,11-14H2,1H3/t17-,19?/m0/s1. The third-order valence-corrected chi connectivity index (χ3v) is 4.27. The highest BCUT2D eigenvalue weighted by molar-refractivity contribution is 5.36. The smallest absolute Gasteiger partial charge is 0.122 e. The molecular weight excluding hydrogens is 274 g/mol. The summed E-state index contributed by atoms with van der Waals surface area (Å²) in [5.41, 5.74) is 2.55. The number of nitrogens with one attached hydrogen (secondary N) is 1. The van der Waals surface area contributed by atoms with Crippen molar-refractivity contribution in [3.63, 3.8) is 0 Å².